The Morgan fingerprint density at radius 3 is 2.59 bits per heavy atom. The molecule has 1 unspecified atom stereocenters. The van der Waals surface area contributed by atoms with Crippen LogP contribution in [0.25, 0.3) is 0 Å². The lowest BCUT2D eigenvalue weighted by Crippen LogP contribution is -2.39. The van der Waals surface area contributed by atoms with Gasteiger partial charge in [0.2, 0.25) is 0 Å². The van der Waals surface area contributed by atoms with Gasteiger partial charge in [-0.2, -0.15) is 5.26 Å². The zero-order valence-electron chi connectivity index (χ0n) is 22.1. The van der Waals surface area contributed by atoms with Gasteiger partial charge in [0.25, 0.3) is 0 Å². The van der Waals surface area contributed by atoms with E-state index in [0.29, 0.717) is 41.4 Å². The minimum Gasteiger partial charge on any atom is -0.489 e. The SMILES string of the molecule is Cc1cc(C)c(C2C(C#N)=C(N)N(c3cccc(Br)c3)C3=C2C(=O)CCC3)cc1COc1ccc(Cl)cc1C. The number of ether oxygens (including phenoxy) is 1. The van der Waals surface area contributed by atoms with Crippen molar-refractivity contribution in [2.24, 2.45) is 5.73 Å². The van der Waals surface area contributed by atoms with Crippen LogP contribution in [0.1, 0.15) is 53.0 Å². The lowest BCUT2D eigenvalue weighted by atomic mass is 9.74. The van der Waals surface area contributed by atoms with Gasteiger partial charge in [-0.05, 0) is 97.8 Å². The first-order valence-electron chi connectivity index (χ1n) is 12.9. The van der Waals surface area contributed by atoms with Crippen LogP contribution in [0, 0.1) is 32.1 Å². The zero-order valence-corrected chi connectivity index (χ0v) is 24.5. The monoisotopic (exact) mass is 601 g/mol. The van der Waals surface area contributed by atoms with Crippen LogP contribution in [0.2, 0.25) is 5.02 Å². The fraction of sp³-hybridized carbons (Fsp3) is 0.250. The van der Waals surface area contributed by atoms with Gasteiger partial charge in [-0.25, -0.2) is 0 Å². The Morgan fingerprint density at radius 1 is 1.08 bits per heavy atom. The Bertz CT molecular complexity index is 1600. The smallest absolute Gasteiger partial charge is 0.161 e. The molecule has 1 aliphatic carbocycles. The number of nitriles is 1. The second kappa shape index (κ2) is 10.9. The average Bonchev–Trinajstić information content (AvgIpc) is 2.89. The number of allylic oxidation sites excluding steroid dienone is 3. The van der Waals surface area contributed by atoms with E-state index in [0.717, 1.165) is 55.8 Å². The molecule has 0 aromatic heterocycles. The molecule has 1 heterocycles. The van der Waals surface area contributed by atoms with Gasteiger partial charge in [0.1, 0.15) is 18.2 Å². The van der Waals surface area contributed by atoms with Gasteiger partial charge in [0, 0.05) is 32.9 Å². The van der Waals surface area contributed by atoms with E-state index in [1.54, 1.807) is 0 Å². The number of benzene rings is 3. The minimum absolute atomic E-state index is 0.0658. The van der Waals surface area contributed by atoms with Crippen LogP contribution in [0.4, 0.5) is 5.69 Å². The molecule has 5 nitrogen and oxygen atoms in total. The number of nitrogens with two attached hydrogens (primary N) is 1. The molecule has 39 heavy (non-hydrogen) atoms. The summed E-state index contributed by atoms with van der Waals surface area (Å²) in [6.45, 7) is 6.38. The van der Waals surface area contributed by atoms with Crippen molar-refractivity contribution in [2.75, 3.05) is 4.90 Å². The highest BCUT2D eigenvalue weighted by atomic mass is 79.9. The summed E-state index contributed by atoms with van der Waals surface area (Å²) < 4.78 is 7.07. The molecule has 2 N–H and O–H groups in total. The molecule has 2 aliphatic rings. The molecule has 5 rings (SSSR count). The highest BCUT2D eigenvalue weighted by Crippen LogP contribution is 2.47. The number of ketones is 1. The second-order valence-electron chi connectivity index (χ2n) is 10.1. The van der Waals surface area contributed by atoms with Crippen LogP contribution in [-0.4, -0.2) is 5.78 Å². The second-order valence-corrected chi connectivity index (χ2v) is 11.5. The normalized spacial score (nSPS) is 17.3. The first-order valence-corrected chi connectivity index (χ1v) is 14.1. The van der Waals surface area contributed by atoms with E-state index in [1.807, 2.05) is 68.1 Å². The summed E-state index contributed by atoms with van der Waals surface area (Å²) in [6, 6.07) is 19.9. The topological polar surface area (TPSA) is 79.4 Å². The van der Waals surface area contributed by atoms with Crippen molar-refractivity contribution in [1.29, 1.82) is 5.26 Å². The van der Waals surface area contributed by atoms with Crippen LogP contribution >= 0.6 is 27.5 Å². The summed E-state index contributed by atoms with van der Waals surface area (Å²) in [5.41, 5.74) is 14.4. The highest BCUT2D eigenvalue weighted by molar-refractivity contribution is 9.10. The maximum atomic E-state index is 13.6. The number of Topliss-reactive ketones (excluding diaryl/α,β-unsaturated/α-hetero) is 1. The van der Waals surface area contributed by atoms with Crippen LogP contribution in [0.3, 0.4) is 0 Å². The summed E-state index contributed by atoms with van der Waals surface area (Å²) in [4.78, 5) is 15.5. The van der Waals surface area contributed by atoms with Crippen LogP contribution in [0.5, 0.6) is 5.75 Å². The molecule has 0 radical (unpaired) electrons. The molecule has 1 atom stereocenters. The predicted octanol–water partition coefficient (Wildman–Crippen LogP) is 7.91. The molecule has 3 aromatic rings. The lowest BCUT2D eigenvalue weighted by Gasteiger charge is -2.40. The molecule has 0 saturated heterocycles. The maximum absolute atomic E-state index is 13.6. The lowest BCUT2D eigenvalue weighted by molar-refractivity contribution is -0.116. The van der Waals surface area contributed by atoms with Crippen LogP contribution in [-0.2, 0) is 11.4 Å². The summed E-state index contributed by atoms with van der Waals surface area (Å²) >= 11 is 9.66. The molecule has 198 valence electrons. The van der Waals surface area contributed by atoms with Gasteiger partial charge in [0.05, 0.1) is 17.6 Å². The van der Waals surface area contributed by atoms with Crippen molar-refractivity contribution < 1.29 is 9.53 Å². The summed E-state index contributed by atoms with van der Waals surface area (Å²) in [5.74, 6) is 0.662. The van der Waals surface area contributed by atoms with Gasteiger partial charge in [0.15, 0.2) is 5.78 Å². The number of anilines is 1. The third-order valence-electron chi connectivity index (χ3n) is 7.54. The number of halogens is 2. The standard InChI is InChI=1S/C32H29BrClN3O2/c1-18-12-19(2)25(14-21(18)17-39-29-11-10-23(34)13-20(29)3)30-26(16-35)32(36)37(24-7-4-6-22(33)15-24)27-8-5-9-28(38)31(27)30/h4,6-7,10-15,30H,5,8-9,17,36H2,1-3H3. The quantitative estimate of drug-likeness (QED) is 0.321. The molecule has 3 aromatic carbocycles. The molecule has 0 fully saturated rings. The molecule has 0 bridgehead atoms. The number of rotatable bonds is 5. The number of aryl methyl sites for hydroxylation is 3. The largest absolute Gasteiger partial charge is 0.489 e. The summed E-state index contributed by atoms with van der Waals surface area (Å²) in [5, 5.41) is 11.1. The third-order valence-corrected chi connectivity index (χ3v) is 8.26. The molecular weight excluding hydrogens is 574 g/mol. The van der Waals surface area contributed by atoms with Crippen molar-refractivity contribution in [3.63, 3.8) is 0 Å². The molecular formula is C32H29BrClN3O2. The van der Waals surface area contributed by atoms with Crippen molar-refractivity contribution >= 4 is 39.0 Å². The molecule has 0 saturated carbocycles. The van der Waals surface area contributed by atoms with E-state index < -0.39 is 5.92 Å². The third kappa shape index (κ3) is 5.09. The average molecular weight is 603 g/mol. The number of hydrogen-bond donors (Lipinski definition) is 1. The molecule has 7 heteroatoms. The maximum Gasteiger partial charge on any atom is 0.161 e. The van der Waals surface area contributed by atoms with Gasteiger partial charge < -0.3 is 10.5 Å². The van der Waals surface area contributed by atoms with E-state index >= 15 is 0 Å². The number of hydrogen-bond acceptors (Lipinski definition) is 5. The minimum atomic E-state index is -0.530. The molecule has 1 aliphatic heterocycles. The first kappa shape index (κ1) is 27.1. The van der Waals surface area contributed by atoms with Gasteiger partial charge in [-0.1, -0.05) is 45.7 Å². The Morgan fingerprint density at radius 2 is 1.87 bits per heavy atom. The van der Waals surface area contributed by atoms with E-state index in [-0.39, 0.29) is 5.78 Å². The highest BCUT2D eigenvalue weighted by Gasteiger charge is 2.41. The van der Waals surface area contributed by atoms with E-state index in [2.05, 4.69) is 34.1 Å². The van der Waals surface area contributed by atoms with E-state index in [1.165, 1.54) is 0 Å². The van der Waals surface area contributed by atoms with Crippen molar-refractivity contribution in [3.05, 3.63) is 115 Å². The van der Waals surface area contributed by atoms with Gasteiger partial charge in [-0.15, -0.1) is 0 Å². The summed E-state index contributed by atoms with van der Waals surface area (Å²) in [6.07, 6.45) is 1.91. The van der Waals surface area contributed by atoms with Gasteiger partial charge >= 0.3 is 0 Å². The summed E-state index contributed by atoms with van der Waals surface area (Å²) in [7, 11) is 0. The molecule has 0 spiro atoms. The Balaban J connectivity index is 1.62. The Kier molecular flexibility index (Phi) is 7.57. The first-order chi connectivity index (χ1) is 18.7. The Hall–Kier alpha value is -3.53. The van der Waals surface area contributed by atoms with Crippen LogP contribution in [0.15, 0.2) is 81.7 Å². The van der Waals surface area contributed by atoms with E-state index in [4.69, 9.17) is 22.1 Å². The number of carbonyl (C=O) groups excluding carboxylic acids is 1. The van der Waals surface area contributed by atoms with E-state index in [9.17, 15) is 10.1 Å². The molecule has 0 amide bonds. The van der Waals surface area contributed by atoms with Crippen molar-refractivity contribution in [2.45, 2.75) is 52.6 Å². The fourth-order valence-electron chi connectivity index (χ4n) is 5.62. The predicted molar refractivity (Wildman–Crippen MR) is 159 cm³/mol. The van der Waals surface area contributed by atoms with Gasteiger partial charge in [-0.3, -0.25) is 9.69 Å². The fourth-order valence-corrected chi connectivity index (χ4v) is 6.23. The van der Waals surface area contributed by atoms with Crippen molar-refractivity contribution in [1.82, 2.24) is 0 Å². The number of nitrogens with zero attached hydrogens (tertiary/aromatic N) is 2. The van der Waals surface area contributed by atoms with Crippen molar-refractivity contribution in [3.8, 4) is 11.8 Å². The van der Waals surface area contributed by atoms with Crippen LogP contribution < -0.4 is 15.4 Å². The Labute approximate surface area is 242 Å². The zero-order chi connectivity index (χ0) is 27.8. The number of carbonyl (C=O) groups is 1.